The fourth-order valence-corrected chi connectivity index (χ4v) is 10.1. The molecule has 0 radical (unpaired) electrons. The zero-order chi connectivity index (χ0) is 29.2. The lowest BCUT2D eigenvalue weighted by molar-refractivity contribution is 0.297. The molecule has 0 aliphatic heterocycles. The SMILES string of the molecule is c1ccc(-c2ccc3c(c2)c2cc4c(cc2n3-c2ccc3c5ccccc5c5ccccc5c3c2)C2CC3CC4CC2C3)cc1. The Labute approximate surface area is 262 Å². The van der Waals surface area contributed by atoms with Crippen molar-refractivity contribution in [2.75, 3.05) is 0 Å². The standard InChI is InChI=1S/C44H33N/c1-2-8-27(9-3-1)28-14-17-43-41(22-28)42-24-38-30-19-26-18-29(21-30)37(20-26)40(38)25-44(42)45(43)31-15-16-36-34-12-5-4-10-32(34)33-11-6-7-13-35(33)39(36)23-31/h1-17,22-26,29-30,37H,18-21H2. The van der Waals surface area contributed by atoms with E-state index in [0.29, 0.717) is 0 Å². The number of hydrogen-bond donors (Lipinski definition) is 0. The maximum Gasteiger partial charge on any atom is 0.0544 e. The van der Waals surface area contributed by atoms with Crippen LogP contribution in [0.5, 0.6) is 0 Å². The van der Waals surface area contributed by atoms with Crippen molar-refractivity contribution in [3.63, 3.8) is 0 Å². The van der Waals surface area contributed by atoms with Gasteiger partial charge in [-0.3, -0.25) is 0 Å². The third kappa shape index (κ3) is 3.34. The first-order chi connectivity index (χ1) is 22.3. The number of benzene rings is 7. The maximum atomic E-state index is 2.63. The number of fused-ring (bicyclic) bond motifs is 14. The van der Waals surface area contributed by atoms with Gasteiger partial charge in [-0.1, -0.05) is 91.0 Å². The van der Waals surface area contributed by atoms with Crippen LogP contribution in [0.25, 0.3) is 70.9 Å². The lowest BCUT2D eigenvalue weighted by atomic mass is 9.69. The van der Waals surface area contributed by atoms with Crippen molar-refractivity contribution >= 4 is 54.1 Å². The van der Waals surface area contributed by atoms with E-state index >= 15 is 0 Å². The maximum absolute atomic E-state index is 2.63. The van der Waals surface area contributed by atoms with Crippen LogP contribution in [0.2, 0.25) is 0 Å². The second-order valence-electron chi connectivity index (χ2n) is 14.1. The van der Waals surface area contributed by atoms with E-state index in [2.05, 4.69) is 132 Å². The van der Waals surface area contributed by atoms with Crippen molar-refractivity contribution in [1.82, 2.24) is 4.57 Å². The van der Waals surface area contributed by atoms with E-state index in [4.69, 9.17) is 0 Å². The Morgan fingerprint density at radius 1 is 0.422 bits per heavy atom. The molecule has 8 aromatic rings. The van der Waals surface area contributed by atoms with Gasteiger partial charge in [-0.05, 0) is 140 Å². The fraction of sp³-hybridized carbons (Fsp3) is 0.182. The molecule has 4 unspecified atom stereocenters. The van der Waals surface area contributed by atoms with Crippen LogP contribution >= 0.6 is 0 Å². The molecule has 3 aliphatic carbocycles. The highest BCUT2D eigenvalue weighted by Crippen LogP contribution is 2.61. The quantitative estimate of drug-likeness (QED) is 0.181. The molecular weight excluding hydrogens is 542 g/mol. The Morgan fingerprint density at radius 3 is 1.89 bits per heavy atom. The first-order valence-corrected chi connectivity index (χ1v) is 16.8. The van der Waals surface area contributed by atoms with Crippen molar-refractivity contribution < 1.29 is 0 Å². The van der Waals surface area contributed by atoms with Crippen LogP contribution < -0.4 is 0 Å². The number of rotatable bonds is 2. The highest BCUT2D eigenvalue weighted by molar-refractivity contribution is 6.25. The van der Waals surface area contributed by atoms with Crippen LogP contribution in [-0.4, -0.2) is 4.57 Å². The Bertz CT molecular complexity index is 2480. The molecule has 0 amide bonds. The second-order valence-corrected chi connectivity index (χ2v) is 14.1. The summed E-state index contributed by atoms with van der Waals surface area (Å²) in [7, 11) is 0. The van der Waals surface area contributed by atoms with Crippen molar-refractivity contribution in [2.24, 2.45) is 11.8 Å². The van der Waals surface area contributed by atoms with E-state index in [-0.39, 0.29) is 0 Å². The third-order valence-electron chi connectivity index (χ3n) is 11.9. The van der Waals surface area contributed by atoms with Crippen LogP contribution in [0.4, 0.5) is 0 Å². The van der Waals surface area contributed by atoms with Gasteiger partial charge in [0.2, 0.25) is 0 Å². The summed E-state index contributed by atoms with van der Waals surface area (Å²) in [6.45, 7) is 0. The van der Waals surface area contributed by atoms with Gasteiger partial charge in [0.05, 0.1) is 11.0 Å². The zero-order valence-corrected chi connectivity index (χ0v) is 25.2. The van der Waals surface area contributed by atoms with Gasteiger partial charge in [0, 0.05) is 16.5 Å². The molecule has 1 heterocycles. The molecule has 4 atom stereocenters. The van der Waals surface area contributed by atoms with Gasteiger partial charge in [0.1, 0.15) is 0 Å². The molecule has 3 aliphatic rings. The number of aromatic nitrogens is 1. The monoisotopic (exact) mass is 575 g/mol. The average molecular weight is 576 g/mol. The molecule has 2 fully saturated rings. The molecule has 0 saturated heterocycles. The summed E-state index contributed by atoms with van der Waals surface area (Å²) in [5, 5.41) is 10.7. The minimum Gasteiger partial charge on any atom is -0.309 e. The summed E-state index contributed by atoms with van der Waals surface area (Å²) in [5.41, 5.74) is 9.79. The first kappa shape index (κ1) is 24.4. The van der Waals surface area contributed by atoms with E-state index in [1.807, 2.05) is 0 Å². The van der Waals surface area contributed by atoms with E-state index in [9.17, 15) is 0 Å². The predicted molar refractivity (Wildman–Crippen MR) is 190 cm³/mol. The molecule has 1 aromatic heterocycles. The molecule has 2 saturated carbocycles. The highest BCUT2D eigenvalue weighted by atomic mass is 15.0. The fourth-order valence-electron chi connectivity index (χ4n) is 10.1. The average Bonchev–Trinajstić information content (AvgIpc) is 3.55. The van der Waals surface area contributed by atoms with Crippen molar-refractivity contribution in [2.45, 2.75) is 37.5 Å². The van der Waals surface area contributed by atoms with Gasteiger partial charge in [0.25, 0.3) is 0 Å². The summed E-state index contributed by atoms with van der Waals surface area (Å²) in [6, 6.07) is 48.3. The van der Waals surface area contributed by atoms with Gasteiger partial charge in [-0.2, -0.15) is 0 Å². The van der Waals surface area contributed by atoms with Crippen molar-refractivity contribution in [1.29, 1.82) is 0 Å². The van der Waals surface area contributed by atoms with Gasteiger partial charge in [0.15, 0.2) is 0 Å². The van der Waals surface area contributed by atoms with Crippen LogP contribution in [0.3, 0.4) is 0 Å². The molecule has 0 spiro atoms. The lowest BCUT2D eigenvalue weighted by Gasteiger charge is -2.36. The van der Waals surface area contributed by atoms with Gasteiger partial charge >= 0.3 is 0 Å². The first-order valence-electron chi connectivity index (χ1n) is 16.8. The van der Waals surface area contributed by atoms with Gasteiger partial charge in [-0.25, -0.2) is 0 Å². The molecule has 45 heavy (non-hydrogen) atoms. The molecule has 11 rings (SSSR count). The highest BCUT2D eigenvalue weighted by Gasteiger charge is 2.47. The van der Waals surface area contributed by atoms with E-state index in [0.717, 1.165) is 23.7 Å². The third-order valence-corrected chi connectivity index (χ3v) is 11.9. The van der Waals surface area contributed by atoms with E-state index < -0.39 is 0 Å². The van der Waals surface area contributed by atoms with E-state index in [1.54, 1.807) is 11.1 Å². The summed E-state index contributed by atoms with van der Waals surface area (Å²) in [5.74, 6) is 3.30. The lowest BCUT2D eigenvalue weighted by Crippen LogP contribution is -2.22. The molecule has 3 bridgehead atoms. The topological polar surface area (TPSA) is 4.93 Å². The summed E-state index contributed by atoms with van der Waals surface area (Å²) in [4.78, 5) is 0. The molecule has 214 valence electrons. The second kappa shape index (κ2) is 8.86. The predicted octanol–water partition coefficient (Wildman–Crippen LogP) is 11.9. The van der Waals surface area contributed by atoms with Gasteiger partial charge < -0.3 is 4.57 Å². The van der Waals surface area contributed by atoms with Crippen LogP contribution in [-0.2, 0) is 0 Å². The minimum absolute atomic E-state index is 0.739. The Kier molecular flexibility index (Phi) is 4.81. The van der Waals surface area contributed by atoms with Crippen LogP contribution in [0, 0.1) is 11.8 Å². The Hall–Kier alpha value is -4.88. The normalized spacial score (nSPS) is 21.9. The van der Waals surface area contributed by atoms with E-state index in [1.165, 1.54) is 96.6 Å². The molecular formula is C44H33N. The van der Waals surface area contributed by atoms with Crippen molar-refractivity contribution in [3.05, 3.63) is 139 Å². The minimum atomic E-state index is 0.739. The number of nitrogens with zero attached hydrogens (tertiary/aromatic N) is 1. The Morgan fingerprint density at radius 2 is 1.11 bits per heavy atom. The molecule has 1 nitrogen and oxygen atoms in total. The van der Waals surface area contributed by atoms with Crippen molar-refractivity contribution in [3.8, 4) is 16.8 Å². The molecule has 0 N–H and O–H groups in total. The van der Waals surface area contributed by atoms with Crippen LogP contribution in [0.1, 0.15) is 48.6 Å². The summed E-state index contributed by atoms with van der Waals surface area (Å²) in [6.07, 6.45) is 5.64. The smallest absolute Gasteiger partial charge is 0.0544 e. The summed E-state index contributed by atoms with van der Waals surface area (Å²) >= 11 is 0. The van der Waals surface area contributed by atoms with Gasteiger partial charge in [-0.15, -0.1) is 0 Å². The molecule has 1 heteroatoms. The largest absolute Gasteiger partial charge is 0.309 e. The van der Waals surface area contributed by atoms with Crippen LogP contribution in [0.15, 0.2) is 127 Å². The Balaban J connectivity index is 1.24. The number of hydrogen-bond acceptors (Lipinski definition) is 0. The summed E-state index contributed by atoms with van der Waals surface area (Å²) < 4.78 is 2.58. The molecule has 7 aromatic carbocycles. The zero-order valence-electron chi connectivity index (χ0n) is 25.2.